The quantitative estimate of drug-likeness (QED) is 0.802. The number of carbonyl (C=O) groups is 1. The van der Waals surface area contributed by atoms with Gasteiger partial charge in [-0.3, -0.25) is 4.79 Å². The molecule has 1 amide bonds. The van der Waals surface area contributed by atoms with E-state index in [2.05, 4.69) is 34.5 Å². The Bertz CT molecular complexity index is 419. The summed E-state index contributed by atoms with van der Waals surface area (Å²) in [6.45, 7) is 7.21. The summed E-state index contributed by atoms with van der Waals surface area (Å²) >= 11 is 0. The summed E-state index contributed by atoms with van der Waals surface area (Å²) in [5.41, 5.74) is 0. The predicted molar refractivity (Wildman–Crippen MR) is 80.4 cm³/mol. The molecule has 1 aliphatic heterocycles. The molecule has 0 radical (unpaired) electrons. The molecule has 1 aromatic heterocycles. The van der Waals surface area contributed by atoms with Crippen LogP contribution in [0, 0.1) is 5.92 Å². The molecule has 0 atom stereocenters. The van der Waals surface area contributed by atoms with Crippen molar-refractivity contribution in [3.63, 3.8) is 0 Å². The molecular formula is C16H27N3O. The summed E-state index contributed by atoms with van der Waals surface area (Å²) in [5.74, 6) is 2.21. The summed E-state index contributed by atoms with van der Waals surface area (Å²) < 4.78 is 2.28. The van der Waals surface area contributed by atoms with Crippen molar-refractivity contribution in [1.82, 2.24) is 14.5 Å². The van der Waals surface area contributed by atoms with Gasteiger partial charge in [0.25, 0.3) is 0 Å². The molecule has 112 valence electrons. The molecule has 0 saturated carbocycles. The number of piperidine rings is 1. The third-order valence-electron chi connectivity index (χ3n) is 4.28. The van der Waals surface area contributed by atoms with E-state index in [1.807, 2.05) is 6.20 Å². The Labute approximate surface area is 122 Å². The lowest BCUT2D eigenvalue weighted by atomic mass is 9.96. The number of aromatic nitrogens is 2. The lowest BCUT2D eigenvalue weighted by Crippen LogP contribution is -2.39. The Kier molecular flexibility index (Phi) is 5.62. The van der Waals surface area contributed by atoms with E-state index in [0.29, 0.717) is 11.8 Å². The highest BCUT2D eigenvalue weighted by atomic mass is 16.2. The summed E-state index contributed by atoms with van der Waals surface area (Å²) in [4.78, 5) is 18.4. The maximum absolute atomic E-state index is 12.0. The normalized spacial score (nSPS) is 16.6. The van der Waals surface area contributed by atoms with E-state index in [1.165, 1.54) is 5.82 Å². The second-order valence-electron chi connectivity index (χ2n) is 5.78. The van der Waals surface area contributed by atoms with E-state index >= 15 is 0 Å². The number of nitrogens with zero attached hydrogens (tertiary/aromatic N) is 3. The Balaban J connectivity index is 1.78. The van der Waals surface area contributed by atoms with Crippen LogP contribution in [0.25, 0.3) is 0 Å². The Hall–Kier alpha value is -1.32. The number of rotatable bonds is 6. The van der Waals surface area contributed by atoms with E-state index in [-0.39, 0.29) is 0 Å². The Morgan fingerprint density at radius 1 is 1.35 bits per heavy atom. The van der Waals surface area contributed by atoms with Gasteiger partial charge in [0.15, 0.2) is 0 Å². The SMILES string of the molecule is CCCCC(=O)N1CCC(Cn2ccnc2CC)CC1. The zero-order valence-corrected chi connectivity index (χ0v) is 12.8. The number of hydrogen-bond acceptors (Lipinski definition) is 2. The molecule has 4 heteroatoms. The molecular weight excluding hydrogens is 250 g/mol. The second kappa shape index (κ2) is 7.46. The average molecular weight is 277 g/mol. The van der Waals surface area contributed by atoms with Crippen molar-refractivity contribution in [1.29, 1.82) is 0 Å². The maximum atomic E-state index is 12.0. The standard InChI is InChI=1S/C16H27N3O/c1-3-5-6-16(20)18-10-7-14(8-11-18)13-19-12-9-17-15(19)4-2/h9,12,14H,3-8,10-11,13H2,1-2H3. The van der Waals surface area contributed by atoms with Crippen LogP contribution in [0.15, 0.2) is 12.4 Å². The summed E-state index contributed by atoms with van der Waals surface area (Å²) in [6, 6.07) is 0. The van der Waals surface area contributed by atoms with E-state index in [4.69, 9.17) is 0 Å². The van der Waals surface area contributed by atoms with Gasteiger partial charge in [-0.25, -0.2) is 4.98 Å². The first-order valence-corrected chi connectivity index (χ1v) is 8.02. The average Bonchev–Trinajstić information content (AvgIpc) is 2.92. The van der Waals surface area contributed by atoms with Crippen molar-refractivity contribution in [3.05, 3.63) is 18.2 Å². The minimum atomic E-state index is 0.349. The number of imidazole rings is 1. The molecule has 0 aliphatic carbocycles. The van der Waals surface area contributed by atoms with Crippen molar-refractivity contribution >= 4 is 5.91 Å². The molecule has 20 heavy (non-hydrogen) atoms. The van der Waals surface area contributed by atoms with Crippen LogP contribution in [-0.2, 0) is 17.8 Å². The molecule has 4 nitrogen and oxygen atoms in total. The third-order valence-corrected chi connectivity index (χ3v) is 4.28. The first kappa shape index (κ1) is 15.1. The lowest BCUT2D eigenvalue weighted by Gasteiger charge is -2.32. The highest BCUT2D eigenvalue weighted by Crippen LogP contribution is 2.20. The first-order chi connectivity index (χ1) is 9.74. The molecule has 1 aromatic rings. The molecule has 1 fully saturated rings. The van der Waals surface area contributed by atoms with Crippen LogP contribution >= 0.6 is 0 Å². The van der Waals surface area contributed by atoms with E-state index < -0.39 is 0 Å². The van der Waals surface area contributed by atoms with E-state index in [9.17, 15) is 4.79 Å². The summed E-state index contributed by atoms with van der Waals surface area (Å²) in [7, 11) is 0. The van der Waals surface area contributed by atoms with Crippen molar-refractivity contribution in [3.8, 4) is 0 Å². The fraction of sp³-hybridized carbons (Fsp3) is 0.750. The van der Waals surface area contributed by atoms with Gasteiger partial charge in [-0.05, 0) is 25.2 Å². The van der Waals surface area contributed by atoms with Gasteiger partial charge in [-0.15, -0.1) is 0 Å². The van der Waals surface area contributed by atoms with Gasteiger partial charge in [0.1, 0.15) is 5.82 Å². The maximum Gasteiger partial charge on any atom is 0.222 e. The van der Waals surface area contributed by atoms with Gasteiger partial charge < -0.3 is 9.47 Å². The minimum Gasteiger partial charge on any atom is -0.343 e. The Morgan fingerprint density at radius 2 is 2.10 bits per heavy atom. The fourth-order valence-corrected chi connectivity index (χ4v) is 2.95. The topological polar surface area (TPSA) is 38.1 Å². The molecule has 1 aliphatic rings. The van der Waals surface area contributed by atoms with Gasteiger partial charge >= 0.3 is 0 Å². The minimum absolute atomic E-state index is 0.349. The van der Waals surface area contributed by atoms with Crippen molar-refractivity contribution in [2.45, 2.75) is 58.9 Å². The largest absolute Gasteiger partial charge is 0.343 e. The van der Waals surface area contributed by atoms with Gasteiger partial charge in [0.2, 0.25) is 5.91 Å². The predicted octanol–water partition coefficient (Wildman–Crippen LogP) is 2.87. The molecule has 2 heterocycles. The fourth-order valence-electron chi connectivity index (χ4n) is 2.95. The van der Waals surface area contributed by atoms with Gasteiger partial charge in [0.05, 0.1) is 0 Å². The number of likely N-dealkylation sites (tertiary alicyclic amines) is 1. The van der Waals surface area contributed by atoms with E-state index in [0.717, 1.165) is 58.2 Å². The smallest absolute Gasteiger partial charge is 0.222 e. The summed E-state index contributed by atoms with van der Waals surface area (Å²) in [5, 5.41) is 0. The molecule has 0 bridgehead atoms. The van der Waals surface area contributed by atoms with Crippen LogP contribution in [0.1, 0.15) is 51.8 Å². The lowest BCUT2D eigenvalue weighted by molar-refractivity contribution is -0.132. The zero-order valence-electron chi connectivity index (χ0n) is 12.8. The van der Waals surface area contributed by atoms with Crippen LogP contribution in [-0.4, -0.2) is 33.4 Å². The Morgan fingerprint density at radius 3 is 2.75 bits per heavy atom. The van der Waals surface area contributed by atoms with Crippen LogP contribution < -0.4 is 0 Å². The van der Waals surface area contributed by atoms with Gasteiger partial charge in [-0.1, -0.05) is 20.3 Å². The number of carbonyl (C=O) groups excluding carboxylic acids is 1. The summed E-state index contributed by atoms with van der Waals surface area (Å²) in [6.07, 6.45) is 10.1. The molecule has 1 saturated heterocycles. The monoisotopic (exact) mass is 277 g/mol. The first-order valence-electron chi connectivity index (χ1n) is 8.02. The van der Waals surface area contributed by atoms with Gasteiger partial charge in [0, 0.05) is 44.9 Å². The van der Waals surface area contributed by atoms with Crippen LogP contribution in [0.5, 0.6) is 0 Å². The zero-order chi connectivity index (χ0) is 14.4. The second-order valence-corrected chi connectivity index (χ2v) is 5.78. The van der Waals surface area contributed by atoms with Crippen LogP contribution in [0.3, 0.4) is 0 Å². The molecule has 0 aromatic carbocycles. The number of unbranched alkanes of at least 4 members (excludes halogenated alkanes) is 1. The van der Waals surface area contributed by atoms with Crippen molar-refractivity contribution < 1.29 is 4.79 Å². The number of hydrogen-bond donors (Lipinski definition) is 0. The number of amides is 1. The number of aryl methyl sites for hydroxylation is 1. The van der Waals surface area contributed by atoms with E-state index in [1.54, 1.807) is 0 Å². The molecule has 0 N–H and O–H groups in total. The van der Waals surface area contributed by atoms with Gasteiger partial charge in [-0.2, -0.15) is 0 Å². The molecule has 2 rings (SSSR count). The third kappa shape index (κ3) is 3.84. The molecule has 0 spiro atoms. The molecule has 0 unspecified atom stereocenters. The van der Waals surface area contributed by atoms with Crippen LogP contribution in [0.4, 0.5) is 0 Å². The highest BCUT2D eigenvalue weighted by molar-refractivity contribution is 5.76. The highest BCUT2D eigenvalue weighted by Gasteiger charge is 2.22. The van der Waals surface area contributed by atoms with Crippen molar-refractivity contribution in [2.75, 3.05) is 13.1 Å². The van der Waals surface area contributed by atoms with Crippen molar-refractivity contribution in [2.24, 2.45) is 5.92 Å². The van der Waals surface area contributed by atoms with Crippen LogP contribution in [0.2, 0.25) is 0 Å².